The maximum Gasteiger partial charge on any atom is 0.321 e. The number of nitrogens with zero attached hydrogens (tertiary/aromatic N) is 1. The van der Waals surface area contributed by atoms with Crippen LogP contribution in [0, 0.1) is 5.82 Å². The molecule has 6 heteroatoms. The van der Waals surface area contributed by atoms with Gasteiger partial charge in [-0.15, -0.1) is 11.3 Å². The summed E-state index contributed by atoms with van der Waals surface area (Å²) in [5.74, 6) is -0.271. The number of hydrogen-bond acceptors (Lipinski definition) is 3. The number of carbonyl (C=O) groups excluding carboxylic acids is 1. The summed E-state index contributed by atoms with van der Waals surface area (Å²) >= 11 is 1.36. The molecule has 1 aliphatic carbocycles. The minimum Gasteiger partial charge on any atom is -0.328 e. The van der Waals surface area contributed by atoms with Gasteiger partial charge in [-0.1, -0.05) is 12.1 Å². The monoisotopic (exact) mass is 277 g/mol. The Bertz CT molecular complexity index is 578. The van der Waals surface area contributed by atoms with E-state index >= 15 is 0 Å². The van der Waals surface area contributed by atoms with Crippen LogP contribution in [0.1, 0.15) is 18.4 Å². The lowest BCUT2D eigenvalue weighted by atomic mass is 10.1. The number of anilines is 1. The fraction of sp³-hybridized carbons (Fsp3) is 0.231. The van der Waals surface area contributed by atoms with E-state index in [1.807, 2.05) is 0 Å². The number of urea groups is 1. The van der Waals surface area contributed by atoms with E-state index in [2.05, 4.69) is 15.6 Å². The smallest absolute Gasteiger partial charge is 0.321 e. The van der Waals surface area contributed by atoms with Gasteiger partial charge in [-0.3, -0.25) is 5.32 Å². The Morgan fingerprint density at radius 3 is 2.63 bits per heavy atom. The molecule has 0 bridgehead atoms. The number of hydrogen-bond donors (Lipinski definition) is 2. The third-order valence-corrected chi connectivity index (χ3v) is 3.84. The highest BCUT2D eigenvalue weighted by Gasteiger charge is 2.45. The number of halogens is 1. The molecule has 19 heavy (non-hydrogen) atoms. The number of rotatable bonds is 3. The molecule has 1 saturated carbocycles. The minimum atomic E-state index is -0.352. The molecule has 0 atom stereocenters. The third-order valence-electron chi connectivity index (χ3n) is 3.15. The van der Waals surface area contributed by atoms with E-state index in [1.165, 1.54) is 23.5 Å². The molecule has 2 amide bonds. The van der Waals surface area contributed by atoms with E-state index in [9.17, 15) is 9.18 Å². The van der Waals surface area contributed by atoms with Crippen molar-refractivity contribution in [2.24, 2.45) is 0 Å². The van der Waals surface area contributed by atoms with Crippen molar-refractivity contribution >= 4 is 22.5 Å². The number of carbonyl (C=O) groups is 1. The first-order chi connectivity index (χ1) is 9.18. The normalized spacial score (nSPS) is 15.8. The average Bonchev–Trinajstić information content (AvgIpc) is 2.98. The maximum absolute atomic E-state index is 12.9. The molecular formula is C13H12FN3OS. The van der Waals surface area contributed by atoms with Gasteiger partial charge in [0.05, 0.1) is 5.54 Å². The lowest BCUT2D eigenvalue weighted by molar-refractivity contribution is 0.247. The Labute approximate surface area is 113 Å². The van der Waals surface area contributed by atoms with Crippen molar-refractivity contribution in [3.63, 3.8) is 0 Å². The van der Waals surface area contributed by atoms with Crippen molar-refractivity contribution in [1.29, 1.82) is 0 Å². The number of thiazole rings is 1. The average molecular weight is 277 g/mol. The zero-order valence-corrected chi connectivity index (χ0v) is 10.8. The van der Waals surface area contributed by atoms with Gasteiger partial charge >= 0.3 is 6.03 Å². The van der Waals surface area contributed by atoms with Crippen molar-refractivity contribution in [3.05, 3.63) is 47.2 Å². The van der Waals surface area contributed by atoms with E-state index in [0.29, 0.717) is 5.13 Å². The zero-order chi connectivity index (χ0) is 13.3. The lowest BCUT2D eigenvalue weighted by Gasteiger charge is -2.17. The van der Waals surface area contributed by atoms with Crippen molar-refractivity contribution in [3.8, 4) is 0 Å². The van der Waals surface area contributed by atoms with Crippen molar-refractivity contribution in [1.82, 2.24) is 10.3 Å². The van der Waals surface area contributed by atoms with Crippen LogP contribution in [0.4, 0.5) is 14.3 Å². The fourth-order valence-corrected chi connectivity index (χ4v) is 2.53. The summed E-state index contributed by atoms with van der Waals surface area (Å²) in [4.78, 5) is 15.9. The Hall–Kier alpha value is -1.95. The van der Waals surface area contributed by atoms with Crippen LogP contribution in [0.5, 0.6) is 0 Å². The van der Waals surface area contributed by atoms with E-state index in [-0.39, 0.29) is 17.4 Å². The number of nitrogens with one attached hydrogen (secondary N) is 2. The molecule has 3 rings (SSSR count). The second-order valence-electron chi connectivity index (χ2n) is 4.51. The summed E-state index contributed by atoms with van der Waals surface area (Å²) < 4.78 is 12.9. The molecule has 0 unspecified atom stereocenters. The highest BCUT2D eigenvalue weighted by molar-refractivity contribution is 7.13. The van der Waals surface area contributed by atoms with E-state index < -0.39 is 0 Å². The van der Waals surface area contributed by atoms with Gasteiger partial charge in [0.15, 0.2) is 5.13 Å². The number of amides is 2. The Morgan fingerprint density at radius 2 is 2.05 bits per heavy atom. The Morgan fingerprint density at radius 1 is 1.32 bits per heavy atom. The summed E-state index contributed by atoms with van der Waals surface area (Å²) in [7, 11) is 0. The van der Waals surface area contributed by atoms with Crippen LogP contribution in [-0.4, -0.2) is 11.0 Å². The molecule has 0 spiro atoms. The Balaban J connectivity index is 1.68. The van der Waals surface area contributed by atoms with Crippen molar-refractivity contribution < 1.29 is 9.18 Å². The zero-order valence-electron chi connectivity index (χ0n) is 10.0. The molecule has 0 aliphatic heterocycles. The number of aromatic nitrogens is 1. The van der Waals surface area contributed by atoms with Gasteiger partial charge < -0.3 is 5.32 Å². The summed E-state index contributed by atoms with van der Waals surface area (Å²) in [5, 5.41) is 7.97. The molecule has 0 saturated heterocycles. The van der Waals surface area contributed by atoms with Gasteiger partial charge in [-0.2, -0.15) is 0 Å². The van der Waals surface area contributed by atoms with E-state index in [4.69, 9.17) is 0 Å². The molecule has 0 radical (unpaired) electrons. The van der Waals surface area contributed by atoms with Crippen LogP contribution in [0.3, 0.4) is 0 Å². The second kappa shape index (κ2) is 4.62. The number of benzene rings is 1. The molecule has 1 heterocycles. The van der Waals surface area contributed by atoms with Crippen LogP contribution in [-0.2, 0) is 5.54 Å². The topological polar surface area (TPSA) is 54.0 Å². The molecule has 1 aromatic heterocycles. The Kier molecular flexibility index (Phi) is 2.94. The first-order valence-corrected chi connectivity index (χ1v) is 6.81. The molecule has 98 valence electrons. The van der Waals surface area contributed by atoms with Crippen molar-refractivity contribution in [2.75, 3.05) is 5.32 Å². The van der Waals surface area contributed by atoms with Crippen LogP contribution >= 0.6 is 11.3 Å². The van der Waals surface area contributed by atoms with Gasteiger partial charge in [0, 0.05) is 11.6 Å². The molecule has 2 aromatic rings. The van der Waals surface area contributed by atoms with E-state index in [1.54, 1.807) is 23.7 Å². The largest absolute Gasteiger partial charge is 0.328 e. The standard InChI is InChI=1S/C13H12FN3OS/c14-10-3-1-9(2-4-10)13(5-6-13)17-11(18)16-12-15-7-8-19-12/h1-4,7-8H,5-6H2,(H2,15,16,17,18). The van der Waals surface area contributed by atoms with Gasteiger partial charge in [-0.05, 0) is 30.5 Å². The van der Waals surface area contributed by atoms with Gasteiger partial charge in [-0.25, -0.2) is 14.2 Å². The fourth-order valence-electron chi connectivity index (χ4n) is 2.01. The van der Waals surface area contributed by atoms with Gasteiger partial charge in [0.25, 0.3) is 0 Å². The quantitative estimate of drug-likeness (QED) is 0.905. The summed E-state index contributed by atoms with van der Waals surface area (Å²) in [6.45, 7) is 0. The highest BCUT2D eigenvalue weighted by atomic mass is 32.1. The highest BCUT2D eigenvalue weighted by Crippen LogP contribution is 2.45. The predicted octanol–water partition coefficient (Wildman–Crippen LogP) is 3.09. The van der Waals surface area contributed by atoms with Gasteiger partial charge in [0.2, 0.25) is 0 Å². The lowest BCUT2D eigenvalue weighted by Crippen LogP contribution is -2.38. The molecular weight excluding hydrogens is 265 g/mol. The first kappa shape index (κ1) is 12.1. The predicted molar refractivity (Wildman–Crippen MR) is 71.6 cm³/mol. The maximum atomic E-state index is 12.9. The minimum absolute atomic E-state index is 0.271. The van der Waals surface area contributed by atoms with Crippen LogP contribution in [0.25, 0.3) is 0 Å². The first-order valence-electron chi connectivity index (χ1n) is 5.93. The van der Waals surface area contributed by atoms with Crippen LogP contribution < -0.4 is 10.6 Å². The van der Waals surface area contributed by atoms with Crippen molar-refractivity contribution in [2.45, 2.75) is 18.4 Å². The second-order valence-corrected chi connectivity index (χ2v) is 5.40. The molecule has 1 aromatic carbocycles. The molecule has 2 N–H and O–H groups in total. The van der Waals surface area contributed by atoms with E-state index in [0.717, 1.165) is 18.4 Å². The van der Waals surface area contributed by atoms with Crippen LogP contribution in [0.15, 0.2) is 35.8 Å². The molecule has 1 aliphatic rings. The summed E-state index contributed by atoms with van der Waals surface area (Å²) in [5.41, 5.74) is 0.581. The molecule has 1 fully saturated rings. The van der Waals surface area contributed by atoms with Gasteiger partial charge in [0.1, 0.15) is 5.82 Å². The summed E-state index contributed by atoms with van der Waals surface area (Å²) in [6.07, 6.45) is 3.36. The van der Waals surface area contributed by atoms with Crippen LogP contribution in [0.2, 0.25) is 0 Å². The SMILES string of the molecule is O=C(Nc1nccs1)NC1(c2ccc(F)cc2)CC1. The molecule has 4 nitrogen and oxygen atoms in total. The third kappa shape index (κ3) is 2.58. The summed E-state index contributed by atoms with van der Waals surface area (Å²) in [6, 6.07) is 5.97.